The van der Waals surface area contributed by atoms with Crippen LogP contribution >= 0.6 is 24.8 Å². The number of aliphatic hydroxyl groups is 2. The van der Waals surface area contributed by atoms with Crippen LogP contribution in [-0.4, -0.2) is 84.8 Å². The van der Waals surface area contributed by atoms with Crippen LogP contribution in [0.5, 0.6) is 0 Å². The van der Waals surface area contributed by atoms with E-state index in [0.717, 1.165) is 17.8 Å². The van der Waals surface area contributed by atoms with Crippen LogP contribution in [0, 0.1) is 17.5 Å². The van der Waals surface area contributed by atoms with Crippen LogP contribution in [0.1, 0.15) is 0 Å². The molecule has 0 saturated carbocycles. The summed E-state index contributed by atoms with van der Waals surface area (Å²) in [4.78, 5) is 16.4. The molecule has 4 rings (SSSR count). The lowest BCUT2D eigenvalue weighted by Gasteiger charge is -2.41. The Bertz CT molecular complexity index is 1000. The number of hydrogen-bond acceptors (Lipinski definition) is 6. The smallest absolute Gasteiger partial charge is 0.319 e. The zero-order valence-electron chi connectivity index (χ0n) is 19.1. The van der Waals surface area contributed by atoms with Gasteiger partial charge in [0.15, 0.2) is 0 Å². The summed E-state index contributed by atoms with van der Waals surface area (Å²) in [5.41, 5.74) is 0.730. The second kappa shape index (κ2) is 13.3. The molecule has 36 heavy (non-hydrogen) atoms. The largest absolute Gasteiger partial charge is 0.394 e. The van der Waals surface area contributed by atoms with E-state index in [9.17, 15) is 28.2 Å². The monoisotopic (exact) mass is 552 g/mol. The van der Waals surface area contributed by atoms with Gasteiger partial charge in [0.1, 0.15) is 29.7 Å². The molecule has 4 N–H and O–H groups in total. The fraction of sp³-hybridized carbons (Fsp3) is 0.435. The Morgan fingerprint density at radius 1 is 0.972 bits per heavy atom. The van der Waals surface area contributed by atoms with Crippen molar-refractivity contribution < 1.29 is 32.9 Å². The van der Waals surface area contributed by atoms with Crippen LogP contribution < -0.4 is 15.5 Å². The van der Waals surface area contributed by atoms with Crippen LogP contribution in [0.3, 0.4) is 0 Å². The number of halogens is 5. The molecule has 2 amide bonds. The van der Waals surface area contributed by atoms with Gasteiger partial charge in [-0.2, -0.15) is 0 Å². The van der Waals surface area contributed by atoms with Crippen molar-refractivity contribution in [3.8, 4) is 0 Å². The van der Waals surface area contributed by atoms with Crippen molar-refractivity contribution >= 4 is 42.2 Å². The maximum atomic E-state index is 13.8. The van der Waals surface area contributed by atoms with Crippen molar-refractivity contribution in [2.75, 3.05) is 49.5 Å². The first-order valence-electron chi connectivity index (χ1n) is 11.0. The van der Waals surface area contributed by atoms with Gasteiger partial charge in [-0.3, -0.25) is 4.90 Å². The SMILES string of the molecule is Cl.Cl.O=C(NC[C@H]1O[C@@H](CO)[C@@H](O)[C@H]1N1CCN(c2ccc(F)cc2)CC1)Nc1ccc(F)cc1F. The number of nitrogens with zero attached hydrogens (tertiary/aromatic N) is 2. The maximum Gasteiger partial charge on any atom is 0.319 e. The van der Waals surface area contributed by atoms with Gasteiger partial charge >= 0.3 is 6.03 Å². The number of anilines is 2. The van der Waals surface area contributed by atoms with Gasteiger partial charge in [-0.1, -0.05) is 0 Å². The lowest BCUT2D eigenvalue weighted by molar-refractivity contribution is -0.0205. The Labute approximate surface area is 219 Å². The molecule has 8 nitrogen and oxygen atoms in total. The van der Waals surface area contributed by atoms with Gasteiger partial charge in [0.25, 0.3) is 0 Å². The number of aliphatic hydroxyl groups excluding tert-OH is 2. The second-order valence-corrected chi connectivity index (χ2v) is 8.34. The standard InChI is InChI=1S/C23H27F3N4O4.2ClH/c24-14-1-4-16(5-2-14)29-7-9-30(10-8-29)21-19(34-20(13-31)22(21)32)12-27-23(33)28-18-6-3-15(25)11-17(18)26;;/h1-6,11,19-22,31-32H,7-10,12-13H2,(H2,27,28,33);2*1H/t19-,20+,21+,22-;;/m1../s1. The minimum Gasteiger partial charge on any atom is -0.394 e. The molecule has 2 heterocycles. The van der Waals surface area contributed by atoms with Gasteiger partial charge in [0, 0.05) is 44.5 Å². The molecule has 0 radical (unpaired) electrons. The van der Waals surface area contributed by atoms with Gasteiger partial charge in [-0.05, 0) is 36.4 Å². The molecule has 2 aliphatic rings. The Morgan fingerprint density at radius 3 is 2.22 bits per heavy atom. The zero-order chi connectivity index (χ0) is 24.2. The first-order chi connectivity index (χ1) is 16.4. The molecule has 0 aliphatic carbocycles. The molecule has 2 aromatic carbocycles. The van der Waals surface area contributed by atoms with Gasteiger partial charge in [0.05, 0.1) is 24.4 Å². The van der Waals surface area contributed by atoms with Crippen molar-refractivity contribution in [2.24, 2.45) is 0 Å². The number of carbonyl (C=O) groups is 1. The number of urea groups is 1. The fourth-order valence-electron chi connectivity index (χ4n) is 4.48. The topological polar surface area (TPSA) is 97.3 Å². The van der Waals surface area contributed by atoms with Crippen molar-refractivity contribution in [1.29, 1.82) is 0 Å². The van der Waals surface area contributed by atoms with E-state index in [2.05, 4.69) is 15.5 Å². The highest BCUT2D eigenvalue weighted by Crippen LogP contribution is 2.28. The highest BCUT2D eigenvalue weighted by atomic mass is 35.5. The Hall–Kier alpha value is -2.28. The third kappa shape index (κ3) is 6.93. The molecule has 13 heteroatoms. The van der Waals surface area contributed by atoms with Crippen LogP contribution in [-0.2, 0) is 4.74 Å². The summed E-state index contributed by atoms with van der Waals surface area (Å²) in [7, 11) is 0. The van der Waals surface area contributed by atoms with E-state index in [1.807, 2.05) is 4.90 Å². The number of carbonyl (C=O) groups excluding carboxylic acids is 1. The third-order valence-corrected chi connectivity index (χ3v) is 6.21. The predicted octanol–water partition coefficient (Wildman–Crippen LogP) is 2.38. The van der Waals surface area contributed by atoms with E-state index in [0.29, 0.717) is 32.2 Å². The molecule has 0 spiro atoms. The highest BCUT2D eigenvalue weighted by Gasteiger charge is 2.46. The molecular weight excluding hydrogens is 524 g/mol. The van der Waals surface area contributed by atoms with Gasteiger partial charge in [0.2, 0.25) is 0 Å². The highest BCUT2D eigenvalue weighted by molar-refractivity contribution is 5.89. The first kappa shape index (κ1) is 29.9. The number of ether oxygens (including phenoxy) is 1. The molecule has 2 fully saturated rings. The summed E-state index contributed by atoms with van der Waals surface area (Å²) in [6.45, 7) is 2.09. The summed E-state index contributed by atoms with van der Waals surface area (Å²) in [5.74, 6) is -1.96. The molecule has 4 atom stereocenters. The van der Waals surface area contributed by atoms with Crippen molar-refractivity contribution in [1.82, 2.24) is 10.2 Å². The van der Waals surface area contributed by atoms with E-state index in [-0.39, 0.29) is 49.5 Å². The van der Waals surface area contributed by atoms with Gasteiger partial charge < -0.3 is 30.5 Å². The third-order valence-electron chi connectivity index (χ3n) is 6.21. The Balaban J connectivity index is 0.00000228. The molecular formula is C23H29Cl2F3N4O4. The number of piperazine rings is 1. The molecule has 2 aliphatic heterocycles. The summed E-state index contributed by atoms with van der Waals surface area (Å²) < 4.78 is 45.8. The van der Waals surface area contributed by atoms with Crippen molar-refractivity contribution in [2.45, 2.75) is 24.4 Å². The number of amides is 2. The number of benzene rings is 2. The van der Waals surface area contributed by atoms with Crippen LogP contribution in [0.15, 0.2) is 42.5 Å². The first-order valence-corrected chi connectivity index (χ1v) is 11.0. The van der Waals surface area contributed by atoms with Crippen molar-refractivity contribution in [3.05, 3.63) is 59.9 Å². The maximum absolute atomic E-state index is 13.8. The quantitative estimate of drug-likeness (QED) is 0.439. The van der Waals surface area contributed by atoms with E-state index >= 15 is 0 Å². The van der Waals surface area contributed by atoms with Crippen LogP contribution in [0.25, 0.3) is 0 Å². The minimum atomic E-state index is -0.966. The number of rotatable bonds is 6. The van der Waals surface area contributed by atoms with E-state index < -0.39 is 42.0 Å². The molecule has 0 unspecified atom stereocenters. The van der Waals surface area contributed by atoms with Crippen LogP contribution in [0.4, 0.5) is 29.3 Å². The molecule has 2 saturated heterocycles. The van der Waals surface area contributed by atoms with Gasteiger partial charge in [-0.25, -0.2) is 18.0 Å². The summed E-state index contributed by atoms with van der Waals surface area (Å²) in [5, 5.41) is 25.2. The lowest BCUT2D eigenvalue weighted by atomic mass is 10.0. The Kier molecular flexibility index (Phi) is 11.1. The van der Waals surface area contributed by atoms with E-state index in [1.165, 1.54) is 12.1 Å². The predicted molar refractivity (Wildman–Crippen MR) is 134 cm³/mol. The van der Waals surface area contributed by atoms with Crippen molar-refractivity contribution in [3.63, 3.8) is 0 Å². The molecule has 200 valence electrons. The molecule has 0 aromatic heterocycles. The normalized spacial score (nSPS) is 24.0. The summed E-state index contributed by atoms with van der Waals surface area (Å²) in [6, 6.07) is 7.88. The Morgan fingerprint density at radius 2 is 1.61 bits per heavy atom. The van der Waals surface area contributed by atoms with Gasteiger partial charge in [-0.15, -0.1) is 24.8 Å². The zero-order valence-corrected chi connectivity index (χ0v) is 20.8. The average Bonchev–Trinajstić information content (AvgIpc) is 3.15. The van der Waals surface area contributed by atoms with Crippen LogP contribution in [0.2, 0.25) is 0 Å². The van der Waals surface area contributed by atoms with E-state index in [4.69, 9.17) is 4.74 Å². The fourth-order valence-corrected chi connectivity index (χ4v) is 4.48. The lowest BCUT2D eigenvalue weighted by Crippen LogP contribution is -2.57. The van der Waals surface area contributed by atoms with E-state index in [1.54, 1.807) is 12.1 Å². The molecule has 2 aromatic rings. The number of hydrogen-bond donors (Lipinski definition) is 4. The second-order valence-electron chi connectivity index (χ2n) is 8.34. The number of nitrogens with one attached hydrogen (secondary N) is 2. The summed E-state index contributed by atoms with van der Waals surface area (Å²) in [6.07, 6.45) is -2.38. The summed E-state index contributed by atoms with van der Waals surface area (Å²) >= 11 is 0. The average molecular weight is 553 g/mol. The minimum absolute atomic E-state index is 0. The molecule has 0 bridgehead atoms.